The van der Waals surface area contributed by atoms with Gasteiger partial charge in [0, 0.05) is 19.1 Å². The van der Waals surface area contributed by atoms with Crippen LogP contribution in [0.15, 0.2) is 10.7 Å². The van der Waals surface area contributed by atoms with E-state index in [2.05, 4.69) is 46.9 Å². The number of ether oxygens (including phenoxy) is 1. The third-order valence-corrected chi connectivity index (χ3v) is 4.64. The molecule has 20 heavy (non-hydrogen) atoms. The average Bonchev–Trinajstić information content (AvgIpc) is 3.01. The molecule has 5 nitrogen and oxygen atoms in total. The first-order chi connectivity index (χ1) is 9.54. The number of aromatic nitrogens is 2. The summed E-state index contributed by atoms with van der Waals surface area (Å²) < 4.78 is 8.81. The largest absolute Gasteiger partial charge is 0.378 e. The highest BCUT2D eigenvalue weighted by molar-refractivity contribution is 9.10. The van der Waals surface area contributed by atoms with Gasteiger partial charge in [-0.05, 0) is 42.9 Å². The zero-order valence-electron chi connectivity index (χ0n) is 12.6. The van der Waals surface area contributed by atoms with E-state index in [9.17, 15) is 0 Å². The maximum Gasteiger partial charge on any atom is 0.0697 e. The highest BCUT2D eigenvalue weighted by Gasteiger charge is 2.35. The molecule has 1 aromatic rings. The zero-order chi connectivity index (χ0) is 14.7. The summed E-state index contributed by atoms with van der Waals surface area (Å²) >= 11 is 3.60. The molecule has 0 amide bonds. The Labute approximate surface area is 129 Å². The Morgan fingerprint density at radius 2 is 2.35 bits per heavy atom. The van der Waals surface area contributed by atoms with Gasteiger partial charge in [-0.2, -0.15) is 5.10 Å². The van der Waals surface area contributed by atoms with Crippen molar-refractivity contribution < 1.29 is 4.74 Å². The molecule has 0 aromatic carbocycles. The minimum absolute atomic E-state index is 0.0264. The SMILES string of the molecule is CCC1OCCC1C(N)c1c(Br)cnn1CCN(C)C. The Kier molecular flexibility index (Phi) is 5.60. The fourth-order valence-electron chi connectivity index (χ4n) is 2.88. The lowest BCUT2D eigenvalue weighted by Gasteiger charge is -2.25. The van der Waals surface area contributed by atoms with Gasteiger partial charge >= 0.3 is 0 Å². The van der Waals surface area contributed by atoms with Crippen molar-refractivity contribution >= 4 is 15.9 Å². The molecule has 0 aliphatic carbocycles. The van der Waals surface area contributed by atoms with E-state index in [1.165, 1.54) is 0 Å². The van der Waals surface area contributed by atoms with Crippen LogP contribution in [0.1, 0.15) is 31.5 Å². The lowest BCUT2D eigenvalue weighted by atomic mass is 9.90. The zero-order valence-corrected chi connectivity index (χ0v) is 14.1. The van der Waals surface area contributed by atoms with Crippen molar-refractivity contribution in [1.29, 1.82) is 0 Å². The van der Waals surface area contributed by atoms with Crippen LogP contribution in [0.2, 0.25) is 0 Å². The van der Waals surface area contributed by atoms with Crippen molar-refractivity contribution in [2.45, 2.75) is 38.5 Å². The Hall–Kier alpha value is -0.430. The molecule has 1 aliphatic heterocycles. The molecule has 1 fully saturated rings. The molecule has 0 spiro atoms. The first kappa shape index (κ1) is 15.9. The Morgan fingerprint density at radius 3 is 3.00 bits per heavy atom. The number of likely N-dealkylation sites (N-methyl/N-ethyl adjacent to an activating group) is 1. The quantitative estimate of drug-likeness (QED) is 0.857. The maximum atomic E-state index is 6.53. The van der Waals surface area contributed by atoms with Crippen LogP contribution in [-0.2, 0) is 11.3 Å². The fourth-order valence-corrected chi connectivity index (χ4v) is 3.44. The standard InChI is InChI=1S/C14H25BrN4O/c1-4-12-10(5-8-20-12)13(16)14-11(15)9-17-19(14)7-6-18(2)3/h9-10,12-13H,4-8,16H2,1-3H3. The Bertz CT molecular complexity index is 435. The second-order valence-corrected chi connectivity index (χ2v) is 6.55. The van der Waals surface area contributed by atoms with Gasteiger partial charge in [0.1, 0.15) is 0 Å². The molecule has 114 valence electrons. The highest BCUT2D eigenvalue weighted by atomic mass is 79.9. The molecule has 3 atom stereocenters. The van der Waals surface area contributed by atoms with Crippen LogP contribution in [0.5, 0.6) is 0 Å². The summed E-state index contributed by atoms with van der Waals surface area (Å²) in [5.41, 5.74) is 7.63. The van der Waals surface area contributed by atoms with Gasteiger partial charge in [-0.15, -0.1) is 0 Å². The number of hydrogen-bond donors (Lipinski definition) is 1. The van der Waals surface area contributed by atoms with Gasteiger partial charge in [0.05, 0.1) is 35.1 Å². The van der Waals surface area contributed by atoms with E-state index in [1.807, 2.05) is 10.9 Å². The van der Waals surface area contributed by atoms with Crippen molar-refractivity contribution in [3.05, 3.63) is 16.4 Å². The van der Waals surface area contributed by atoms with Gasteiger partial charge < -0.3 is 15.4 Å². The van der Waals surface area contributed by atoms with Gasteiger partial charge in [0.15, 0.2) is 0 Å². The van der Waals surface area contributed by atoms with Crippen LogP contribution in [0.25, 0.3) is 0 Å². The Morgan fingerprint density at radius 1 is 1.60 bits per heavy atom. The normalized spacial score (nSPS) is 24.5. The van der Waals surface area contributed by atoms with Crippen LogP contribution in [0, 0.1) is 5.92 Å². The monoisotopic (exact) mass is 344 g/mol. The summed E-state index contributed by atoms with van der Waals surface area (Å²) in [7, 11) is 4.13. The minimum Gasteiger partial charge on any atom is -0.378 e. The van der Waals surface area contributed by atoms with Gasteiger partial charge in [0.25, 0.3) is 0 Å². The third-order valence-electron chi connectivity index (χ3n) is 4.03. The van der Waals surface area contributed by atoms with Crippen molar-refractivity contribution in [1.82, 2.24) is 14.7 Å². The summed E-state index contributed by atoms with van der Waals surface area (Å²) in [6.07, 6.45) is 4.17. The average molecular weight is 345 g/mol. The second kappa shape index (κ2) is 7.02. The fraction of sp³-hybridized carbons (Fsp3) is 0.786. The predicted molar refractivity (Wildman–Crippen MR) is 83.5 cm³/mol. The number of halogens is 1. The summed E-state index contributed by atoms with van der Waals surface area (Å²) in [6.45, 7) is 4.78. The molecule has 3 unspecified atom stereocenters. The minimum atomic E-state index is -0.0264. The molecule has 0 bridgehead atoms. The van der Waals surface area contributed by atoms with Crippen molar-refractivity contribution in [3.63, 3.8) is 0 Å². The summed E-state index contributed by atoms with van der Waals surface area (Å²) in [5.74, 6) is 0.381. The molecule has 0 radical (unpaired) electrons. The predicted octanol–water partition coefficient (Wildman–Crippen LogP) is 2.02. The first-order valence-corrected chi connectivity index (χ1v) is 8.07. The highest BCUT2D eigenvalue weighted by Crippen LogP contribution is 2.35. The maximum absolute atomic E-state index is 6.53. The smallest absolute Gasteiger partial charge is 0.0697 e. The molecule has 6 heteroatoms. The van der Waals surface area contributed by atoms with E-state index in [-0.39, 0.29) is 12.1 Å². The van der Waals surface area contributed by atoms with Crippen molar-refractivity contribution in [2.24, 2.45) is 11.7 Å². The van der Waals surface area contributed by atoms with E-state index < -0.39 is 0 Å². The van der Waals surface area contributed by atoms with Gasteiger partial charge in [-0.1, -0.05) is 6.92 Å². The van der Waals surface area contributed by atoms with Crippen molar-refractivity contribution in [2.75, 3.05) is 27.2 Å². The second-order valence-electron chi connectivity index (χ2n) is 5.70. The van der Waals surface area contributed by atoms with Crippen molar-refractivity contribution in [3.8, 4) is 0 Å². The molecule has 2 rings (SSSR count). The lowest BCUT2D eigenvalue weighted by Crippen LogP contribution is -2.31. The van der Waals surface area contributed by atoms with E-state index in [4.69, 9.17) is 10.5 Å². The molecule has 1 saturated heterocycles. The molecular weight excluding hydrogens is 320 g/mol. The molecule has 1 aromatic heterocycles. The van der Waals surface area contributed by atoms with E-state index in [1.54, 1.807) is 0 Å². The summed E-state index contributed by atoms with van der Waals surface area (Å²) in [4.78, 5) is 2.15. The molecule has 1 aliphatic rings. The summed E-state index contributed by atoms with van der Waals surface area (Å²) in [5, 5.41) is 4.45. The van der Waals surface area contributed by atoms with Crippen LogP contribution in [0.3, 0.4) is 0 Å². The van der Waals surface area contributed by atoms with E-state index in [0.717, 1.165) is 42.7 Å². The number of hydrogen-bond acceptors (Lipinski definition) is 4. The van der Waals surface area contributed by atoms with Gasteiger partial charge in [0.2, 0.25) is 0 Å². The molecular formula is C14H25BrN4O. The number of nitrogens with two attached hydrogens (primary N) is 1. The number of rotatable bonds is 6. The summed E-state index contributed by atoms with van der Waals surface area (Å²) in [6, 6.07) is -0.0264. The lowest BCUT2D eigenvalue weighted by molar-refractivity contribution is 0.0804. The van der Waals surface area contributed by atoms with Crippen LogP contribution < -0.4 is 5.73 Å². The van der Waals surface area contributed by atoms with Crippen LogP contribution in [0.4, 0.5) is 0 Å². The molecule has 2 N–H and O–H groups in total. The number of nitrogens with zero attached hydrogens (tertiary/aromatic N) is 3. The van der Waals surface area contributed by atoms with E-state index in [0.29, 0.717) is 5.92 Å². The topological polar surface area (TPSA) is 56.3 Å². The van der Waals surface area contributed by atoms with E-state index >= 15 is 0 Å². The Balaban J connectivity index is 2.16. The third kappa shape index (κ3) is 3.42. The van der Waals surface area contributed by atoms with Crippen LogP contribution >= 0.6 is 15.9 Å². The van der Waals surface area contributed by atoms with Gasteiger partial charge in [-0.3, -0.25) is 4.68 Å². The first-order valence-electron chi connectivity index (χ1n) is 7.27. The van der Waals surface area contributed by atoms with Gasteiger partial charge in [-0.25, -0.2) is 0 Å². The molecule has 0 saturated carbocycles. The van der Waals surface area contributed by atoms with Crippen LogP contribution in [-0.4, -0.2) is 48.0 Å². The molecule has 2 heterocycles.